The molecule has 4 aromatic rings. The van der Waals surface area contributed by atoms with Gasteiger partial charge in [-0.05, 0) is 59.5 Å². The molecule has 0 aliphatic heterocycles. The van der Waals surface area contributed by atoms with E-state index in [1.54, 1.807) is 7.11 Å². The molecule has 0 radical (unpaired) electrons. The van der Waals surface area contributed by atoms with Crippen molar-refractivity contribution in [3.05, 3.63) is 83.4 Å². The van der Waals surface area contributed by atoms with Crippen LogP contribution in [0, 0.1) is 0 Å². The van der Waals surface area contributed by atoms with Gasteiger partial charge in [0.2, 0.25) is 5.82 Å². The summed E-state index contributed by atoms with van der Waals surface area (Å²) in [4.78, 5) is 17.5. The van der Waals surface area contributed by atoms with Crippen molar-refractivity contribution in [3.8, 4) is 34.0 Å². The summed E-state index contributed by atoms with van der Waals surface area (Å²) in [5, 5.41) is 13.1. The van der Waals surface area contributed by atoms with Crippen LogP contribution in [0.15, 0.2) is 71.3 Å². The Labute approximate surface area is 223 Å². The lowest BCUT2D eigenvalue weighted by Crippen LogP contribution is -2.21. The zero-order valence-corrected chi connectivity index (χ0v) is 22.1. The quantitative estimate of drug-likeness (QED) is 0.255. The van der Waals surface area contributed by atoms with Gasteiger partial charge in [-0.15, -0.1) is 12.4 Å². The van der Waals surface area contributed by atoms with Gasteiger partial charge in [0.25, 0.3) is 5.89 Å². The molecule has 4 rings (SSSR count). The molecule has 0 unspecified atom stereocenters. The molecular formula is C29H32ClN3O4. The number of nitrogens with zero attached hydrogens (tertiary/aromatic N) is 3. The average Bonchev–Trinajstić information content (AvgIpc) is 3.38. The van der Waals surface area contributed by atoms with E-state index in [2.05, 4.69) is 53.5 Å². The number of carboxylic acids is 1. The summed E-state index contributed by atoms with van der Waals surface area (Å²) in [6, 6.07) is 22.5. The SMILES string of the molecule is CCc1ccccc1-c1ccc(-c2nc(-c3cccc(CN(C)CCC(=O)O)c3)no2)cc1COC.Cl. The van der Waals surface area contributed by atoms with Crippen molar-refractivity contribution in [1.29, 1.82) is 0 Å². The highest BCUT2D eigenvalue weighted by atomic mass is 35.5. The summed E-state index contributed by atoms with van der Waals surface area (Å²) >= 11 is 0. The number of hydrogen-bond acceptors (Lipinski definition) is 6. The number of aryl methyl sites for hydroxylation is 1. The molecule has 1 heterocycles. The Hall–Kier alpha value is -3.52. The zero-order valence-electron chi connectivity index (χ0n) is 21.3. The van der Waals surface area contributed by atoms with Gasteiger partial charge in [-0.25, -0.2) is 0 Å². The number of ether oxygens (including phenoxy) is 1. The summed E-state index contributed by atoms with van der Waals surface area (Å²) in [5.41, 5.74) is 7.42. The Balaban J connectivity index is 0.00000380. The van der Waals surface area contributed by atoms with Crippen LogP contribution < -0.4 is 0 Å². The summed E-state index contributed by atoms with van der Waals surface area (Å²) in [5.74, 6) is 0.154. The van der Waals surface area contributed by atoms with E-state index in [9.17, 15) is 4.79 Å². The van der Waals surface area contributed by atoms with E-state index >= 15 is 0 Å². The molecule has 8 heteroatoms. The molecule has 1 aromatic heterocycles. The molecule has 0 fully saturated rings. The van der Waals surface area contributed by atoms with Crippen LogP contribution in [0.25, 0.3) is 34.0 Å². The molecular weight excluding hydrogens is 490 g/mol. The lowest BCUT2D eigenvalue weighted by atomic mass is 9.93. The standard InChI is InChI=1S/C29H31N3O4.ClH/c1-4-21-9-5-6-11-25(21)26-13-12-23(17-24(26)19-35-3)29-30-28(31-36-29)22-10-7-8-20(16-22)18-32(2)15-14-27(33)34;/h5-13,16-17H,4,14-15,18-19H2,1-3H3,(H,33,34);1H. The van der Waals surface area contributed by atoms with E-state index in [0.29, 0.717) is 31.4 Å². The molecule has 1 N–H and O–H groups in total. The fraction of sp³-hybridized carbons (Fsp3) is 0.276. The number of halogens is 1. The molecule has 0 spiro atoms. The highest BCUT2D eigenvalue weighted by Crippen LogP contribution is 2.32. The second-order valence-corrected chi connectivity index (χ2v) is 8.82. The van der Waals surface area contributed by atoms with Crippen molar-refractivity contribution in [2.75, 3.05) is 20.7 Å². The first-order chi connectivity index (χ1) is 17.5. The highest BCUT2D eigenvalue weighted by Gasteiger charge is 2.15. The first-order valence-electron chi connectivity index (χ1n) is 12.0. The lowest BCUT2D eigenvalue weighted by Gasteiger charge is -2.15. The van der Waals surface area contributed by atoms with Crippen molar-refractivity contribution < 1.29 is 19.2 Å². The molecule has 37 heavy (non-hydrogen) atoms. The van der Waals surface area contributed by atoms with Crippen LogP contribution in [-0.2, 0) is 29.1 Å². The lowest BCUT2D eigenvalue weighted by molar-refractivity contribution is -0.137. The molecule has 0 saturated carbocycles. The number of aromatic nitrogens is 2. The van der Waals surface area contributed by atoms with Crippen LogP contribution in [-0.4, -0.2) is 46.8 Å². The number of rotatable bonds is 11. The molecule has 194 valence electrons. The van der Waals surface area contributed by atoms with Gasteiger partial charge in [0.1, 0.15) is 0 Å². The fourth-order valence-corrected chi connectivity index (χ4v) is 4.30. The topological polar surface area (TPSA) is 88.7 Å². The Morgan fingerprint density at radius 2 is 1.78 bits per heavy atom. The molecule has 0 atom stereocenters. The second kappa shape index (κ2) is 13.1. The van der Waals surface area contributed by atoms with Gasteiger partial charge < -0.3 is 19.3 Å². The largest absolute Gasteiger partial charge is 0.481 e. The average molecular weight is 522 g/mol. The number of aliphatic carboxylic acids is 1. The normalized spacial score (nSPS) is 10.9. The Kier molecular flexibility index (Phi) is 9.97. The van der Waals surface area contributed by atoms with Gasteiger partial charge in [-0.1, -0.05) is 60.6 Å². The minimum atomic E-state index is -0.800. The number of benzene rings is 3. The minimum Gasteiger partial charge on any atom is -0.481 e. The second-order valence-electron chi connectivity index (χ2n) is 8.82. The van der Waals surface area contributed by atoms with Crippen molar-refractivity contribution in [2.24, 2.45) is 0 Å². The highest BCUT2D eigenvalue weighted by molar-refractivity contribution is 5.85. The van der Waals surface area contributed by atoms with Crippen LogP contribution in [0.5, 0.6) is 0 Å². The number of hydrogen-bond donors (Lipinski definition) is 1. The van der Waals surface area contributed by atoms with Gasteiger partial charge in [0.05, 0.1) is 13.0 Å². The summed E-state index contributed by atoms with van der Waals surface area (Å²) in [6.07, 6.45) is 1.06. The van der Waals surface area contributed by atoms with Crippen LogP contribution >= 0.6 is 12.4 Å². The molecule has 0 saturated heterocycles. The van der Waals surface area contributed by atoms with E-state index in [1.165, 1.54) is 11.1 Å². The molecule has 0 aliphatic rings. The molecule has 7 nitrogen and oxygen atoms in total. The van der Waals surface area contributed by atoms with Gasteiger partial charge in [-0.2, -0.15) is 4.98 Å². The number of methoxy groups -OCH3 is 1. The number of carboxylic acid groups (broad SMARTS) is 1. The molecule has 3 aromatic carbocycles. The third kappa shape index (κ3) is 7.04. The van der Waals surface area contributed by atoms with E-state index in [-0.39, 0.29) is 18.8 Å². The van der Waals surface area contributed by atoms with Crippen LogP contribution in [0.2, 0.25) is 0 Å². The summed E-state index contributed by atoms with van der Waals surface area (Å²) in [7, 11) is 3.60. The predicted octanol–water partition coefficient (Wildman–Crippen LogP) is 6.11. The third-order valence-corrected chi connectivity index (χ3v) is 6.11. The molecule has 0 aliphatic carbocycles. The van der Waals surface area contributed by atoms with Crippen LogP contribution in [0.1, 0.15) is 30.0 Å². The van der Waals surface area contributed by atoms with Crippen molar-refractivity contribution in [2.45, 2.75) is 32.9 Å². The van der Waals surface area contributed by atoms with Gasteiger partial charge >= 0.3 is 5.97 Å². The van der Waals surface area contributed by atoms with Gasteiger partial charge in [-0.3, -0.25) is 4.79 Å². The Bertz CT molecular complexity index is 1340. The monoisotopic (exact) mass is 521 g/mol. The van der Waals surface area contributed by atoms with E-state index in [0.717, 1.165) is 34.2 Å². The van der Waals surface area contributed by atoms with Crippen molar-refractivity contribution in [1.82, 2.24) is 15.0 Å². The maximum Gasteiger partial charge on any atom is 0.304 e. The van der Waals surface area contributed by atoms with Crippen LogP contribution in [0.3, 0.4) is 0 Å². The van der Waals surface area contributed by atoms with Gasteiger partial charge in [0, 0.05) is 31.3 Å². The summed E-state index contributed by atoms with van der Waals surface area (Å²) < 4.78 is 11.1. The van der Waals surface area contributed by atoms with E-state index in [1.807, 2.05) is 42.3 Å². The maximum absolute atomic E-state index is 10.8. The Morgan fingerprint density at radius 3 is 2.54 bits per heavy atom. The third-order valence-electron chi connectivity index (χ3n) is 6.11. The molecule has 0 bridgehead atoms. The first kappa shape index (κ1) is 28.1. The fourth-order valence-electron chi connectivity index (χ4n) is 4.30. The Morgan fingerprint density at radius 1 is 1.00 bits per heavy atom. The predicted molar refractivity (Wildman–Crippen MR) is 147 cm³/mol. The first-order valence-corrected chi connectivity index (χ1v) is 12.0. The van der Waals surface area contributed by atoms with Crippen LogP contribution in [0.4, 0.5) is 0 Å². The van der Waals surface area contributed by atoms with E-state index in [4.69, 9.17) is 14.4 Å². The maximum atomic E-state index is 10.8. The smallest absolute Gasteiger partial charge is 0.304 e. The van der Waals surface area contributed by atoms with Crippen molar-refractivity contribution in [3.63, 3.8) is 0 Å². The number of carbonyl (C=O) groups is 1. The summed E-state index contributed by atoms with van der Waals surface area (Å²) in [6.45, 7) is 3.74. The van der Waals surface area contributed by atoms with E-state index < -0.39 is 5.97 Å². The zero-order chi connectivity index (χ0) is 25.5. The minimum absolute atomic E-state index is 0. The van der Waals surface area contributed by atoms with Gasteiger partial charge in [0.15, 0.2) is 0 Å². The molecule has 0 amide bonds. The van der Waals surface area contributed by atoms with Crippen molar-refractivity contribution >= 4 is 18.4 Å².